The second kappa shape index (κ2) is 7.30. The van der Waals surface area contributed by atoms with E-state index in [2.05, 4.69) is 17.2 Å². The van der Waals surface area contributed by atoms with E-state index in [1.165, 1.54) is 5.56 Å². The van der Waals surface area contributed by atoms with Crippen molar-refractivity contribution in [3.8, 4) is 5.75 Å². The highest BCUT2D eigenvalue weighted by Crippen LogP contribution is 2.29. The molecule has 1 aliphatic heterocycles. The number of likely N-dealkylation sites (tertiary alicyclic amines) is 1. The van der Waals surface area contributed by atoms with Gasteiger partial charge in [-0.25, -0.2) is 0 Å². The molecular formula is C20H27N3O2. The van der Waals surface area contributed by atoms with E-state index in [0.29, 0.717) is 5.92 Å². The molecule has 1 aromatic carbocycles. The summed E-state index contributed by atoms with van der Waals surface area (Å²) in [6.07, 6.45) is 3.31. The summed E-state index contributed by atoms with van der Waals surface area (Å²) < 4.78 is 7.05. The molecule has 3 rings (SSSR count). The van der Waals surface area contributed by atoms with Gasteiger partial charge < -0.3 is 9.64 Å². The number of nitrogens with zero attached hydrogens (tertiary/aromatic N) is 3. The standard InChI is InChI=1S/C20H27N3O2/c1-14-19(15(2)22(3)21-14)20(24)23-12-6-5-7-17(13-23)16-8-10-18(25-4)11-9-16/h8-11,17H,5-7,12-13H2,1-4H3. The van der Waals surface area contributed by atoms with Crippen LogP contribution in [0.5, 0.6) is 5.75 Å². The van der Waals surface area contributed by atoms with Crippen LogP contribution in [0.1, 0.15) is 52.5 Å². The van der Waals surface area contributed by atoms with Crippen LogP contribution in [0.15, 0.2) is 24.3 Å². The molecule has 2 heterocycles. The Bertz CT molecular complexity index is 749. The summed E-state index contributed by atoms with van der Waals surface area (Å²) >= 11 is 0. The summed E-state index contributed by atoms with van der Waals surface area (Å²) in [5, 5.41) is 4.40. The molecule has 1 aliphatic rings. The average molecular weight is 341 g/mol. The van der Waals surface area contributed by atoms with Crippen molar-refractivity contribution < 1.29 is 9.53 Å². The molecule has 0 bridgehead atoms. The average Bonchev–Trinajstić information content (AvgIpc) is 2.80. The third-order valence-corrected chi connectivity index (χ3v) is 5.27. The van der Waals surface area contributed by atoms with Crippen molar-refractivity contribution in [1.82, 2.24) is 14.7 Å². The Morgan fingerprint density at radius 2 is 1.92 bits per heavy atom. The van der Waals surface area contributed by atoms with Crippen molar-refractivity contribution >= 4 is 5.91 Å². The van der Waals surface area contributed by atoms with Gasteiger partial charge in [-0.1, -0.05) is 18.6 Å². The van der Waals surface area contributed by atoms with Gasteiger partial charge >= 0.3 is 0 Å². The molecular weight excluding hydrogens is 314 g/mol. The fraction of sp³-hybridized carbons (Fsp3) is 0.500. The lowest BCUT2D eigenvalue weighted by Crippen LogP contribution is -2.34. The number of aryl methyl sites for hydroxylation is 2. The van der Waals surface area contributed by atoms with E-state index in [9.17, 15) is 4.79 Å². The number of hydrogen-bond donors (Lipinski definition) is 0. The first-order valence-corrected chi connectivity index (χ1v) is 8.94. The number of hydrogen-bond acceptors (Lipinski definition) is 3. The molecule has 1 unspecified atom stereocenters. The molecule has 5 heteroatoms. The van der Waals surface area contributed by atoms with Gasteiger partial charge in [0, 0.05) is 31.7 Å². The zero-order valence-electron chi connectivity index (χ0n) is 15.6. The third-order valence-electron chi connectivity index (χ3n) is 5.27. The number of benzene rings is 1. The largest absolute Gasteiger partial charge is 0.497 e. The number of carbonyl (C=O) groups excluding carboxylic acids is 1. The molecule has 1 fully saturated rings. The highest BCUT2D eigenvalue weighted by Gasteiger charge is 2.27. The molecule has 0 saturated carbocycles. The maximum absolute atomic E-state index is 13.1. The van der Waals surface area contributed by atoms with E-state index in [1.54, 1.807) is 11.8 Å². The fourth-order valence-corrected chi connectivity index (χ4v) is 3.72. The Kier molecular flexibility index (Phi) is 5.11. The summed E-state index contributed by atoms with van der Waals surface area (Å²) in [7, 11) is 3.57. The second-order valence-corrected chi connectivity index (χ2v) is 6.89. The first-order valence-electron chi connectivity index (χ1n) is 8.94. The van der Waals surface area contributed by atoms with Crippen molar-refractivity contribution in [1.29, 1.82) is 0 Å². The predicted molar refractivity (Wildman–Crippen MR) is 98.2 cm³/mol. The topological polar surface area (TPSA) is 47.4 Å². The van der Waals surface area contributed by atoms with Crippen molar-refractivity contribution in [3.05, 3.63) is 46.8 Å². The Hall–Kier alpha value is -2.30. The Morgan fingerprint density at radius 3 is 2.52 bits per heavy atom. The van der Waals surface area contributed by atoms with E-state index in [0.717, 1.165) is 55.1 Å². The van der Waals surface area contributed by atoms with Gasteiger partial charge in [-0.2, -0.15) is 5.10 Å². The number of aromatic nitrogens is 2. The SMILES string of the molecule is COc1ccc(C2CCCCN(C(=O)c3c(C)nn(C)c3C)C2)cc1. The highest BCUT2D eigenvalue weighted by molar-refractivity contribution is 5.96. The minimum Gasteiger partial charge on any atom is -0.497 e. The molecule has 0 N–H and O–H groups in total. The summed E-state index contributed by atoms with van der Waals surface area (Å²) in [6.45, 7) is 5.46. The van der Waals surface area contributed by atoms with E-state index in [-0.39, 0.29) is 5.91 Å². The summed E-state index contributed by atoms with van der Waals surface area (Å²) in [6, 6.07) is 8.25. The Morgan fingerprint density at radius 1 is 1.20 bits per heavy atom. The van der Waals surface area contributed by atoms with Gasteiger partial charge in [0.25, 0.3) is 5.91 Å². The van der Waals surface area contributed by atoms with E-state index < -0.39 is 0 Å². The lowest BCUT2D eigenvalue weighted by molar-refractivity contribution is 0.0753. The smallest absolute Gasteiger partial charge is 0.257 e. The first kappa shape index (κ1) is 17.5. The molecule has 0 radical (unpaired) electrons. The Balaban J connectivity index is 1.82. The van der Waals surface area contributed by atoms with Gasteiger partial charge in [0.2, 0.25) is 0 Å². The van der Waals surface area contributed by atoms with Crippen LogP contribution in [0.2, 0.25) is 0 Å². The number of rotatable bonds is 3. The van der Waals surface area contributed by atoms with Crippen LogP contribution in [0, 0.1) is 13.8 Å². The van der Waals surface area contributed by atoms with Crippen molar-refractivity contribution in [3.63, 3.8) is 0 Å². The molecule has 25 heavy (non-hydrogen) atoms. The van der Waals surface area contributed by atoms with Crippen LogP contribution in [0.3, 0.4) is 0 Å². The van der Waals surface area contributed by atoms with Gasteiger partial charge in [0.15, 0.2) is 0 Å². The number of amides is 1. The van der Waals surface area contributed by atoms with E-state index in [1.807, 2.05) is 37.9 Å². The zero-order valence-corrected chi connectivity index (χ0v) is 15.6. The molecule has 0 spiro atoms. The number of ether oxygens (including phenoxy) is 1. The lowest BCUT2D eigenvalue weighted by Gasteiger charge is -2.25. The van der Waals surface area contributed by atoms with E-state index in [4.69, 9.17) is 4.74 Å². The maximum Gasteiger partial charge on any atom is 0.257 e. The summed E-state index contributed by atoms with van der Waals surface area (Å²) in [4.78, 5) is 15.2. The van der Waals surface area contributed by atoms with Gasteiger partial charge in [-0.3, -0.25) is 9.48 Å². The zero-order chi connectivity index (χ0) is 18.0. The Labute approximate surface area is 149 Å². The minimum absolute atomic E-state index is 0.114. The highest BCUT2D eigenvalue weighted by atomic mass is 16.5. The van der Waals surface area contributed by atoms with Crippen molar-refractivity contribution in [2.45, 2.75) is 39.0 Å². The molecule has 134 valence electrons. The van der Waals surface area contributed by atoms with Crippen LogP contribution in [-0.4, -0.2) is 40.8 Å². The van der Waals surface area contributed by atoms with Crippen molar-refractivity contribution in [2.75, 3.05) is 20.2 Å². The fourth-order valence-electron chi connectivity index (χ4n) is 3.72. The summed E-state index contributed by atoms with van der Waals surface area (Å²) in [5.41, 5.74) is 3.79. The normalized spacial score (nSPS) is 18.1. The van der Waals surface area contributed by atoms with Crippen molar-refractivity contribution in [2.24, 2.45) is 7.05 Å². The van der Waals surface area contributed by atoms with Crippen LogP contribution < -0.4 is 4.74 Å². The quantitative estimate of drug-likeness (QED) is 0.859. The number of methoxy groups -OCH3 is 1. The van der Waals surface area contributed by atoms with Gasteiger partial charge in [0.1, 0.15) is 5.75 Å². The third kappa shape index (κ3) is 3.55. The summed E-state index contributed by atoms with van der Waals surface area (Å²) in [5.74, 6) is 1.35. The molecule has 1 atom stereocenters. The number of carbonyl (C=O) groups is 1. The molecule has 0 aliphatic carbocycles. The lowest BCUT2D eigenvalue weighted by atomic mass is 9.94. The van der Waals surface area contributed by atoms with Gasteiger partial charge in [0.05, 0.1) is 18.4 Å². The van der Waals surface area contributed by atoms with Gasteiger partial charge in [-0.05, 0) is 44.4 Å². The molecule has 2 aromatic rings. The second-order valence-electron chi connectivity index (χ2n) is 6.89. The van der Waals surface area contributed by atoms with Gasteiger partial charge in [-0.15, -0.1) is 0 Å². The van der Waals surface area contributed by atoms with Crippen LogP contribution in [0.25, 0.3) is 0 Å². The maximum atomic E-state index is 13.1. The molecule has 5 nitrogen and oxygen atoms in total. The monoisotopic (exact) mass is 341 g/mol. The van der Waals surface area contributed by atoms with E-state index >= 15 is 0 Å². The molecule has 1 saturated heterocycles. The van der Waals surface area contributed by atoms with Crippen LogP contribution >= 0.6 is 0 Å². The van der Waals surface area contributed by atoms with Crippen LogP contribution in [-0.2, 0) is 7.05 Å². The minimum atomic E-state index is 0.114. The first-order chi connectivity index (χ1) is 12.0. The van der Waals surface area contributed by atoms with Crippen LogP contribution in [0.4, 0.5) is 0 Å². The predicted octanol–water partition coefficient (Wildman–Crippen LogP) is 3.46. The molecule has 1 amide bonds. The molecule has 1 aromatic heterocycles.